The molecule has 1 aromatic carbocycles. The number of rotatable bonds is 7. The lowest BCUT2D eigenvalue weighted by atomic mass is 10.2. The molecule has 0 heterocycles. The van der Waals surface area contributed by atoms with Gasteiger partial charge in [-0.15, -0.1) is 0 Å². The van der Waals surface area contributed by atoms with Gasteiger partial charge in [0.15, 0.2) is 0 Å². The van der Waals surface area contributed by atoms with Crippen LogP contribution in [0.3, 0.4) is 0 Å². The molecule has 0 bridgehead atoms. The van der Waals surface area contributed by atoms with Crippen LogP contribution in [0.4, 0.5) is 22.0 Å². The number of benzene rings is 1. The van der Waals surface area contributed by atoms with E-state index in [2.05, 4.69) is 10.1 Å². The van der Waals surface area contributed by atoms with Crippen LogP contribution in [-0.4, -0.2) is 25.9 Å². The zero-order valence-corrected chi connectivity index (χ0v) is 10.1. The largest absolute Gasteiger partial charge is 0.411 e. The molecule has 2 nitrogen and oxygen atoms in total. The van der Waals surface area contributed by atoms with Gasteiger partial charge in [-0.05, 0) is 19.0 Å². The highest BCUT2D eigenvalue weighted by Gasteiger charge is 2.27. The highest BCUT2D eigenvalue weighted by molar-refractivity contribution is 5.18. The van der Waals surface area contributed by atoms with Crippen LogP contribution < -0.4 is 5.32 Å². The van der Waals surface area contributed by atoms with Gasteiger partial charge in [0.05, 0.1) is 0 Å². The van der Waals surface area contributed by atoms with Gasteiger partial charge in [0, 0.05) is 24.8 Å². The van der Waals surface area contributed by atoms with Gasteiger partial charge < -0.3 is 10.1 Å². The molecule has 0 spiro atoms. The molecule has 0 fully saturated rings. The van der Waals surface area contributed by atoms with E-state index < -0.39 is 24.4 Å². The van der Waals surface area contributed by atoms with Gasteiger partial charge in [-0.25, -0.2) is 8.78 Å². The van der Waals surface area contributed by atoms with E-state index in [1.165, 1.54) is 6.07 Å². The molecule has 0 saturated carbocycles. The van der Waals surface area contributed by atoms with Crippen molar-refractivity contribution in [3.05, 3.63) is 35.4 Å². The van der Waals surface area contributed by atoms with Crippen LogP contribution in [0.1, 0.15) is 12.0 Å². The number of ether oxygens (including phenoxy) is 1. The topological polar surface area (TPSA) is 21.3 Å². The maximum absolute atomic E-state index is 13.2. The van der Waals surface area contributed by atoms with E-state index in [9.17, 15) is 22.0 Å². The maximum Gasteiger partial charge on any atom is 0.411 e. The van der Waals surface area contributed by atoms with Gasteiger partial charge in [-0.3, -0.25) is 0 Å². The molecule has 1 aromatic rings. The summed E-state index contributed by atoms with van der Waals surface area (Å²) in [5, 5.41) is 2.84. The Balaban J connectivity index is 2.11. The fourth-order valence-electron chi connectivity index (χ4n) is 1.38. The van der Waals surface area contributed by atoms with Gasteiger partial charge in [-0.2, -0.15) is 13.2 Å². The fourth-order valence-corrected chi connectivity index (χ4v) is 1.38. The van der Waals surface area contributed by atoms with Gasteiger partial charge in [0.2, 0.25) is 0 Å². The third-order valence-electron chi connectivity index (χ3n) is 2.24. The first-order valence-corrected chi connectivity index (χ1v) is 5.67. The molecule has 0 radical (unpaired) electrons. The first kappa shape index (κ1) is 15.8. The second-order valence-corrected chi connectivity index (χ2v) is 3.93. The fraction of sp³-hybridized carbons (Fsp3) is 0.500. The molecule has 0 saturated heterocycles. The van der Waals surface area contributed by atoms with Crippen LogP contribution in [0, 0.1) is 11.6 Å². The summed E-state index contributed by atoms with van der Waals surface area (Å²) in [6, 6.07) is 3.24. The summed E-state index contributed by atoms with van der Waals surface area (Å²) in [6.07, 6.45) is -3.94. The van der Waals surface area contributed by atoms with Crippen molar-refractivity contribution in [1.82, 2.24) is 5.32 Å². The smallest absolute Gasteiger partial charge is 0.372 e. The SMILES string of the molecule is Fc1ccc(CNCCCOCC(F)(F)F)c(F)c1. The Morgan fingerprint density at radius 2 is 1.89 bits per heavy atom. The summed E-state index contributed by atoms with van der Waals surface area (Å²) < 4.78 is 65.3. The molecule has 0 aliphatic heterocycles. The number of halogens is 5. The minimum atomic E-state index is -4.31. The molecule has 0 atom stereocenters. The lowest BCUT2D eigenvalue weighted by Gasteiger charge is -2.08. The molecule has 7 heteroatoms. The predicted octanol–water partition coefficient (Wildman–Crippen LogP) is 3.02. The van der Waals surface area contributed by atoms with Crippen molar-refractivity contribution in [2.75, 3.05) is 19.8 Å². The zero-order chi connectivity index (χ0) is 14.3. The molecule has 0 amide bonds. The van der Waals surface area contributed by atoms with Crippen LogP contribution in [-0.2, 0) is 11.3 Å². The number of hydrogen-bond acceptors (Lipinski definition) is 2. The molecule has 108 valence electrons. The second kappa shape index (κ2) is 7.40. The maximum atomic E-state index is 13.2. The third-order valence-corrected chi connectivity index (χ3v) is 2.24. The molecule has 0 aliphatic rings. The third kappa shape index (κ3) is 7.07. The van der Waals surface area contributed by atoms with Crippen LogP contribution in [0.2, 0.25) is 0 Å². The molecular weight excluding hydrogens is 269 g/mol. The van der Waals surface area contributed by atoms with Crippen molar-refractivity contribution in [2.45, 2.75) is 19.1 Å². The Morgan fingerprint density at radius 1 is 1.16 bits per heavy atom. The van der Waals surface area contributed by atoms with E-state index in [-0.39, 0.29) is 13.2 Å². The van der Waals surface area contributed by atoms with E-state index in [4.69, 9.17) is 0 Å². The standard InChI is InChI=1S/C12H14F5NO/c13-10-3-2-9(11(14)6-10)7-18-4-1-5-19-8-12(15,16)17/h2-3,6,18H,1,4-5,7-8H2. The first-order chi connectivity index (χ1) is 8.88. The Kier molecular flexibility index (Phi) is 6.17. The van der Waals surface area contributed by atoms with Crippen molar-refractivity contribution in [3.63, 3.8) is 0 Å². The molecule has 0 aromatic heterocycles. The predicted molar refractivity (Wildman–Crippen MR) is 59.6 cm³/mol. The molecule has 0 aliphatic carbocycles. The van der Waals surface area contributed by atoms with Crippen molar-refractivity contribution >= 4 is 0 Å². The Bertz CT molecular complexity index is 394. The average Bonchev–Trinajstić information content (AvgIpc) is 2.29. The summed E-state index contributed by atoms with van der Waals surface area (Å²) in [7, 11) is 0. The van der Waals surface area contributed by atoms with E-state index in [0.29, 0.717) is 18.5 Å². The number of hydrogen-bond donors (Lipinski definition) is 1. The minimum absolute atomic E-state index is 0.0294. The highest BCUT2D eigenvalue weighted by atomic mass is 19.4. The highest BCUT2D eigenvalue weighted by Crippen LogP contribution is 2.14. The van der Waals surface area contributed by atoms with Gasteiger partial charge in [0.25, 0.3) is 0 Å². The quantitative estimate of drug-likeness (QED) is 0.613. The van der Waals surface area contributed by atoms with Crippen LogP contribution >= 0.6 is 0 Å². The van der Waals surface area contributed by atoms with Crippen molar-refractivity contribution < 1.29 is 26.7 Å². The molecule has 1 rings (SSSR count). The van der Waals surface area contributed by atoms with Crippen LogP contribution in [0.5, 0.6) is 0 Å². The van der Waals surface area contributed by atoms with Gasteiger partial charge >= 0.3 is 6.18 Å². The van der Waals surface area contributed by atoms with E-state index in [0.717, 1.165) is 12.1 Å². The second-order valence-electron chi connectivity index (χ2n) is 3.93. The first-order valence-electron chi connectivity index (χ1n) is 5.67. The van der Waals surface area contributed by atoms with Crippen molar-refractivity contribution in [1.29, 1.82) is 0 Å². The molecule has 1 N–H and O–H groups in total. The van der Waals surface area contributed by atoms with Gasteiger partial charge in [0.1, 0.15) is 18.2 Å². The lowest BCUT2D eigenvalue weighted by Crippen LogP contribution is -2.20. The molecule has 19 heavy (non-hydrogen) atoms. The number of alkyl halides is 3. The summed E-state index contributed by atoms with van der Waals surface area (Å²) in [6.45, 7) is -0.724. The van der Waals surface area contributed by atoms with E-state index >= 15 is 0 Å². The lowest BCUT2D eigenvalue weighted by molar-refractivity contribution is -0.173. The van der Waals surface area contributed by atoms with Gasteiger partial charge in [-0.1, -0.05) is 6.07 Å². The van der Waals surface area contributed by atoms with Crippen LogP contribution in [0.15, 0.2) is 18.2 Å². The van der Waals surface area contributed by atoms with Crippen molar-refractivity contribution in [2.24, 2.45) is 0 Å². The Labute approximate surface area is 107 Å². The summed E-state index contributed by atoms with van der Waals surface area (Å²) in [4.78, 5) is 0. The summed E-state index contributed by atoms with van der Waals surface area (Å²) in [5.74, 6) is -1.30. The Hall–Kier alpha value is -1.21. The summed E-state index contributed by atoms with van der Waals surface area (Å²) >= 11 is 0. The van der Waals surface area contributed by atoms with Crippen molar-refractivity contribution in [3.8, 4) is 0 Å². The monoisotopic (exact) mass is 283 g/mol. The molecule has 0 unspecified atom stereocenters. The summed E-state index contributed by atoms with van der Waals surface area (Å²) in [5.41, 5.74) is 0.303. The molecular formula is C12H14F5NO. The average molecular weight is 283 g/mol. The number of nitrogens with one attached hydrogen (secondary N) is 1. The zero-order valence-electron chi connectivity index (χ0n) is 10.1. The van der Waals surface area contributed by atoms with Crippen LogP contribution in [0.25, 0.3) is 0 Å². The van der Waals surface area contributed by atoms with E-state index in [1.54, 1.807) is 0 Å². The Morgan fingerprint density at radius 3 is 2.53 bits per heavy atom. The van der Waals surface area contributed by atoms with E-state index in [1.807, 2.05) is 0 Å². The normalized spacial score (nSPS) is 11.8. The minimum Gasteiger partial charge on any atom is -0.372 e.